The van der Waals surface area contributed by atoms with Gasteiger partial charge >= 0.3 is 140 Å². The smallest absolute Gasteiger partial charge is 1.00 e. The van der Waals surface area contributed by atoms with Crippen LogP contribution in [0.1, 0.15) is 0 Å². The molecular formula is AuNa2O2Rb. The molecular weight excluding hydrogens is 360 g/mol. The first-order valence-electron chi connectivity index (χ1n) is 0. The van der Waals surface area contributed by atoms with Crippen molar-refractivity contribution in [1.82, 2.24) is 0 Å². The Hall–Kier alpha value is 4.47. The van der Waals surface area contributed by atoms with Gasteiger partial charge in [-0.1, -0.05) is 0 Å². The maximum atomic E-state index is 0. The first-order valence-corrected chi connectivity index (χ1v) is 0. The summed E-state index contributed by atoms with van der Waals surface area (Å²) >= 11 is 0. The van der Waals surface area contributed by atoms with E-state index in [1.807, 2.05) is 0 Å². The third-order valence-corrected chi connectivity index (χ3v) is 0. The minimum Gasteiger partial charge on any atom is -2.00 e. The molecule has 0 aromatic heterocycles. The molecule has 0 aromatic carbocycles. The fourth-order valence-corrected chi connectivity index (χ4v) is 0. The summed E-state index contributed by atoms with van der Waals surface area (Å²) in [6, 6.07) is 0. The van der Waals surface area contributed by atoms with Gasteiger partial charge in [-0.25, -0.2) is 0 Å². The summed E-state index contributed by atoms with van der Waals surface area (Å²) in [6.07, 6.45) is 0. The van der Waals surface area contributed by atoms with Gasteiger partial charge in [-0.2, -0.15) is 0 Å². The fraction of sp³-hybridized carbons (Fsp3) is 0. The Labute approximate surface area is 146 Å². The Kier molecular flexibility index (Phi) is 267. The van der Waals surface area contributed by atoms with Crippen LogP contribution in [0, 0.1) is 0 Å². The molecule has 0 spiro atoms. The molecule has 0 radical (unpaired) electrons. The molecule has 0 heterocycles. The summed E-state index contributed by atoms with van der Waals surface area (Å²) in [4.78, 5) is 0. The van der Waals surface area contributed by atoms with Gasteiger partial charge in [-0.15, -0.1) is 0 Å². The Bertz CT molecular complexity index is 11.5. The minimum absolute atomic E-state index is 0. The summed E-state index contributed by atoms with van der Waals surface area (Å²) in [7, 11) is 0. The maximum Gasteiger partial charge on any atom is 1.00 e. The van der Waals surface area contributed by atoms with Crippen molar-refractivity contribution in [3.8, 4) is 0 Å². The van der Waals surface area contributed by atoms with E-state index in [2.05, 4.69) is 0 Å². The molecule has 0 aliphatic heterocycles. The van der Waals surface area contributed by atoms with Crippen molar-refractivity contribution in [3.63, 3.8) is 0 Å². The van der Waals surface area contributed by atoms with E-state index in [4.69, 9.17) is 0 Å². The SMILES string of the molecule is [Au+].[Na+].[Na+].[O-2].[O-2].[Rb+]. The molecule has 0 amide bonds. The second-order valence-electron chi connectivity index (χ2n) is 0. The molecule has 0 rings (SSSR count). The molecule has 0 fully saturated rings. The summed E-state index contributed by atoms with van der Waals surface area (Å²) < 4.78 is 0. The van der Waals surface area contributed by atoms with Crippen LogP contribution in [0.4, 0.5) is 0 Å². The molecule has 0 bridgehead atoms. The van der Waals surface area contributed by atoms with Crippen LogP contribution in [-0.4, -0.2) is 0 Å². The molecule has 0 saturated carbocycles. The van der Waals surface area contributed by atoms with Crippen LogP contribution in [0.3, 0.4) is 0 Å². The van der Waals surface area contributed by atoms with Crippen molar-refractivity contribution in [3.05, 3.63) is 0 Å². The van der Waals surface area contributed by atoms with Gasteiger partial charge in [0.25, 0.3) is 0 Å². The van der Waals surface area contributed by atoms with Crippen molar-refractivity contribution in [1.29, 1.82) is 0 Å². The van der Waals surface area contributed by atoms with E-state index in [-0.39, 0.29) is 151 Å². The third kappa shape index (κ3) is 23.7. The largest absolute Gasteiger partial charge is 2.00 e. The number of hydrogen-bond donors (Lipinski definition) is 0. The normalized spacial score (nSPS) is 0. The van der Waals surface area contributed by atoms with Gasteiger partial charge < -0.3 is 11.0 Å². The van der Waals surface area contributed by atoms with Gasteiger partial charge in [0, 0.05) is 0 Å². The molecule has 0 N–H and O–H groups in total. The molecule has 0 aromatic rings. The van der Waals surface area contributed by atoms with Crippen molar-refractivity contribution in [2.24, 2.45) is 0 Å². The predicted molar refractivity (Wildman–Crippen MR) is 1.37 cm³/mol. The van der Waals surface area contributed by atoms with Gasteiger partial charge in [0.05, 0.1) is 0 Å². The van der Waals surface area contributed by atoms with Crippen LogP contribution >= 0.6 is 0 Å². The van der Waals surface area contributed by atoms with Gasteiger partial charge in [-0.05, 0) is 0 Å². The average Bonchev–Trinajstić information content (AvgIpc) is 0. The average molecular weight is 360 g/mol. The first kappa shape index (κ1) is 47.0. The van der Waals surface area contributed by atoms with Crippen LogP contribution in [-0.2, 0) is 33.3 Å². The Balaban J connectivity index is 0. The number of hydrogen-bond acceptors (Lipinski definition) is 0. The van der Waals surface area contributed by atoms with Crippen LogP contribution in [0.15, 0.2) is 0 Å². The van der Waals surface area contributed by atoms with Crippen molar-refractivity contribution < 1.29 is 151 Å². The van der Waals surface area contributed by atoms with Gasteiger partial charge in [0.15, 0.2) is 0 Å². The van der Waals surface area contributed by atoms with E-state index in [0.717, 1.165) is 0 Å². The molecule has 0 aliphatic rings. The molecule has 6 heteroatoms. The van der Waals surface area contributed by atoms with E-state index < -0.39 is 0 Å². The number of rotatable bonds is 0. The van der Waals surface area contributed by atoms with Gasteiger partial charge in [0.2, 0.25) is 0 Å². The van der Waals surface area contributed by atoms with Crippen LogP contribution < -0.4 is 117 Å². The minimum atomic E-state index is 0. The Morgan fingerprint density at radius 3 is 0.667 bits per heavy atom. The van der Waals surface area contributed by atoms with E-state index in [9.17, 15) is 0 Å². The van der Waals surface area contributed by atoms with Crippen LogP contribution in [0.2, 0.25) is 0 Å². The molecule has 6 heavy (non-hydrogen) atoms. The van der Waals surface area contributed by atoms with Gasteiger partial charge in [-0.3, -0.25) is 0 Å². The zero-order chi connectivity index (χ0) is 0. The summed E-state index contributed by atoms with van der Waals surface area (Å²) in [5, 5.41) is 0. The second kappa shape index (κ2) is 34.0. The summed E-state index contributed by atoms with van der Waals surface area (Å²) in [5.74, 6) is 0. The van der Waals surface area contributed by atoms with Crippen molar-refractivity contribution in [2.75, 3.05) is 0 Å². The summed E-state index contributed by atoms with van der Waals surface area (Å²) in [6.45, 7) is 0. The quantitative estimate of drug-likeness (QED) is 0.386. The van der Waals surface area contributed by atoms with Crippen molar-refractivity contribution >= 4 is 0 Å². The third-order valence-electron chi connectivity index (χ3n) is 0. The topological polar surface area (TPSA) is 57.0 Å². The Morgan fingerprint density at radius 1 is 0.667 bits per heavy atom. The van der Waals surface area contributed by atoms with E-state index in [1.165, 1.54) is 0 Å². The molecule has 0 unspecified atom stereocenters. The standard InChI is InChI=1S/Au.2Na.2O.Rb/q3*+1;2*-2;+1. The zero-order valence-electron chi connectivity index (χ0n) is 4.12. The first-order chi connectivity index (χ1) is 0. The van der Waals surface area contributed by atoms with Gasteiger partial charge in [0.1, 0.15) is 0 Å². The zero-order valence-corrected chi connectivity index (χ0v) is 15.2. The molecule has 0 atom stereocenters. The molecule has 0 saturated heterocycles. The van der Waals surface area contributed by atoms with Crippen molar-refractivity contribution in [2.45, 2.75) is 0 Å². The van der Waals surface area contributed by atoms with E-state index in [0.29, 0.717) is 0 Å². The monoisotopic (exact) mass is 360 g/mol. The predicted octanol–water partition coefficient (Wildman–Crippen LogP) is -9.23. The fourth-order valence-electron chi connectivity index (χ4n) is 0. The van der Waals surface area contributed by atoms with Crippen LogP contribution in [0.5, 0.6) is 0 Å². The van der Waals surface area contributed by atoms with Crippen LogP contribution in [0.25, 0.3) is 0 Å². The second-order valence-corrected chi connectivity index (χ2v) is 0. The Morgan fingerprint density at radius 2 is 0.667 bits per heavy atom. The molecule has 2 nitrogen and oxygen atoms in total. The summed E-state index contributed by atoms with van der Waals surface area (Å²) in [5.41, 5.74) is 0. The van der Waals surface area contributed by atoms with E-state index in [1.54, 1.807) is 0 Å². The molecule has 0 aliphatic carbocycles. The molecule has 26 valence electrons. The van der Waals surface area contributed by atoms with E-state index >= 15 is 0 Å². The maximum absolute atomic E-state index is 0.